The Morgan fingerprint density at radius 1 is 1.19 bits per heavy atom. The van der Waals surface area contributed by atoms with Crippen LogP contribution in [0.3, 0.4) is 0 Å². The number of rotatable bonds is 6. The van der Waals surface area contributed by atoms with Gasteiger partial charge in [-0.2, -0.15) is 0 Å². The summed E-state index contributed by atoms with van der Waals surface area (Å²) in [5.41, 5.74) is 2.05. The molecule has 0 unspecified atom stereocenters. The van der Waals surface area contributed by atoms with Gasteiger partial charge in [-0.05, 0) is 48.0 Å². The number of hydrogen-bond acceptors (Lipinski definition) is 5. The summed E-state index contributed by atoms with van der Waals surface area (Å²) in [7, 11) is 3.07. The molecule has 144 valence electrons. The van der Waals surface area contributed by atoms with Gasteiger partial charge in [0.1, 0.15) is 33.6 Å². The van der Waals surface area contributed by atoms with Crippen molar-refractivity contribution in [2.24, 2.45) is 0 Å². The molecule has 0 aliphatic carbocycles. The second-order valence-corrected chi connectivity index (χ2v) is 6.96. The zero-order valence-corrected chi connectivity index (χ0v) is 17.3. The molecule has 1 atom stereocenters. The third-order valence-electron chi connectivity index (χ3n) is 4.25. The van der Waals surface area contributed by atoms with Gasteiger partial charge in [0.05, 0.1) is 26.5 Å². The van der Waals surface area contributed by atoms with Gasteiger partial charge in [0.2, 0.25) is 0 Å². The summed E-state index contributed by atoms with van der Waals surface area (Å²) in [4.78, 5) is 12.8. The van der Waals surface area contributed by atoms with E-state index in [0.717, 1.165) is 17.7 Å². The summed E-state index contributed by atoms with van der Waals surface area (Å²) >= 11 is 3.41. The summed E-state index contributed by atoms with van der Waals surface area (Å²) in [5.74, 6) is 2.11. The monoisotopic (exact) mass is 435 g/mol. The summed E-state index contributed by atoms with van der Waals surface area (Å²) in [6.07, 6.45) is 0.936. The molecule has 0 saturated carbocycles. The van der Waals surface area contributed by atoms with Gasteiger partial charge in [0.15, 0.2) is 0 Å². The van der Waals surface area contributed by atoms with E-state index in [9.17, 15) is 4.79 Å². The SMILES string of the molecule is CCOc1cc2c(cc1NC(=O)c1cc(OC)c(Br)c(OC)c1)O[C@H](C)C2. The van der Waals surface area contributed by atoms with Crippen molar-refractivity contribution < 1.29 is 23.7 Å². The fraction of sp³-hybridized carbons (Fsp3) is 0.350. The lowest BCUT2D eigenvalue weighted by molar-refractivity contribution is 0.102. The molecule has 0 aromatic heterocycles. The van der Waals surface area contributed by atoms with Gasteiger partial charge >= 0.3 is 0 Å². The number of amides is 1. The summed E-state index contributed by atoms with van der Waals surface area (Å²) in [6, 6.07) is 7.04. The predicted octanol–water partition coefficient (Wildman–Crippen LogP) is 4.44. The number of benzene rings is 2. The van der Waals surface area contributed by atoms with Gasteiger partial charge in [-0.25, -0.2) is 0 Å². The molecule has 1 aliphatic rings. The molecule has 0 spiro atoms. The summed E-state index contributed by atoms with van der Waals surface area (Å²) < 4.78 is 22.8. The van der Waals surface area contributed by atoms with E-state index in [1.165, 1.54) is 14.2 Å². The fourth-order valence-corrected chi connectivity index (χ4v) is 3.56. The lowest BCUT2D eigenvalue weighted by atomic mass is 10.1. The van der Waals surface area contributed by atoms with E-state index in [4.69, 9.17) is 18.9 Å². The molecule has 7 heteroatoms. The average molecular weight is 436 g/mol. The minimum atomic E-state index is -0.300. The van der Waals surface area contributed by atoms with Crippen LogP contribution in [-0.4, -0.2) is 32.8 Å². The van der Waals surface area contributed by atoms with Gasteiger partial charge in [0.25, 0.3) is 5.91 Å². The zero-order chi connectivity index (χ0) is 19.6. The maximum absolute atomic E-state index is 12.8. The third kappa shape index (κ3) is 3.98. The molecule has 3 rings (SSSR count). The number of methoxy groups -OCH3 is 2. The van der Waals surface area contributed by atoms with Crippen LogP contribution in [0.5, 0.6) is 23.0 Å². The van der Waals surface area contributed by atoms with Crippen molar-refractivity contribution in [3.63, 3.8) is 0 Å². The van der Waals surface area contributed by atoms with Crippen molar-refractivity contribution in [2.75, 3.05) is 26.1 Å². The Hall–Kier alpha value is -2.41. The van der Waals surface area contributed by atoms with Crippen molar-refractivity contribution in [2.45, 2.75) is 26.4 Å². The van der Waals surface area contributed by atoms with Crippen LogP contribution in [-0.2, 0) is 6.42 Å². The van der Waals surface area contributed by atoms with Crippen LogP contribution in [0.2, 0.25) is 0 Å². The molecular formula is C20H22BrNO5. The van der Waals surface area contributed by atoms with E-state index in [1.54, 1.807) is 12.1 Å². The predicted molar refractivity (Wildman–Crippen MR) is 107 cm³/mol. The molecule has 1 N–H and O–H groups in total. The lowest BCUT2D eigenvalue weighted by Gasteiger charge is -2.15. The second-order valence-electron chi connectivity index (χ2n) is 6.17. The van der Waals surface area contributed by atoms with E-state index in [1.807, 2.05) is 26.0 Å². The largest absolute Gasteiger partial charge is 0.495 e. The number of nitrogens with one attached hydrogen (secondary N) is 1. The maximum Gasteiger partial charge on any atom is 0.256 e. The zero-order valence-electron chi connectivity index (χ0n) is 15.7. The molecule has 0 fully saturated rings. The number of fused-ring (bicyclic) bond motifs is 1. The number of hydrogen-bond donors (Lipinski definition) is 1. The van der Waals surface area contributed by atoms with Crippen LogP contribution in [0, 0.1) is 0 Å². The molecular weight excluding hydrogens is 414 g/mol. The van der Waals surface area contributed by atoms with Gasteiger partial charge < -0.3 is 24.3 Å². The van der Waals surface area contributed by atoms with Gasteiger partial charge in [0, 0.05) is 23.6 Å². The number of anilines is 1. The number of carbonyl (C=O) groups excluding carboxylic acids is 1. The highest BCUT2D eigenvalue weighted by Crippen LogP contribution is 2.39. The normalized spacial score (nSPS) is 14.9. The number of ether oxygens (including phenoxy) is 4. The summed E-state index contributed by atoms with van der Waals surface area (Å²) in [5, 5.41) is 2.91. The van der Waals surface area contributed by atoms with Crippen molar-refractivity contribution in [3.05, 3.63) is 39.9 Å². The quantitative estimate of drug-likeness (QED) is 0.726. The minimum absolute atomic E-state index is 0.112. The van der Waals surface area contributed by atoms with Crippen molar-refractivity contribution in [3.8, 4) is 23.0 Å². The Labute approximate surface area is 166 Å². The van der Waals surface area contributed by atoms with Crippen molar-refractivity contribution in [1.82, 2.24) is 0 Å². The Bertz CT molecular complexity index is 843. The molecule has 0 saturated heterocycles. The van der Waals surface area contributed by atoms with E-state index >= 15 is 0 Å². The first-order valence-electron chi connectivity index (χ1n) is 8.66. The first-order chi connectivity index (χ1) is 13.0. The van der Waals surface area contributed by atoms with Gasteiger partial charge in [-0.15, -0.1) is 0 Å². The van der Waals surface area contributed by atoms with Gasteiger partial charge in [-0.3, -0.25) is 4.79 Å². The summed E-state index contributed by atoms with van der Waals surface area (Å²) in [6.45, 7) is 4.42. The van der Waals surface area contributed by atoms with E-state index in [-0.39, 0.29) is 12.0 Å². The Kier molecular flexibility index (Phi) is 5.79. The third-order valence-corrected chi connectivity index (χ3v) is 5.04. The Morgan fingerprint density at radius 3 is 2.44 bits per heavy atom. The lowest BCUT2D eigenvalue weighted by Crippen LogP contribution is -2.13. The number of carbonyl (C=O) groups is 1. The minimum Gasteiger partial charge on any atom is -0.495 e. The fourth-order valence-electron chi connectivity index (χ4n) is 3.01. The average Bonchev–Trinajstić information content (AvgIpc) is 3.01. The Balaban J connectivity index is 1.93. The first-order valence-corrected chi connectivity index (χ1v) is 9.45. The van der Waals surface area contributed by atoms with Crippen molar-refractivity contribution in [1.29, 1.82) is 0 Å². The Morgan fingerprint density at radius 2 is 1.85 bits per heavy atom. The van der Waals surface area contributed by atoms with Crippen LogP contribution in [0.15, 0.2) is 28.7 Å². The molecule has 0 radical (unpaired) electrons. The molecule has 1 heterocycles. The van der Waals surface area contributed by atoms with E-state index < -0.39 is 0 Å². The first kappa shape index (κ1) is 19.4. The van der Waals surface area contributed by atoms with Crippen LogP contribution >= 0.6 is 15.9 Å². The molecule has 1 amide bonds. The molecule has 2 aromatic carbocycles. The van der Waals surface area contributed by atoms with Crippen LogP contribution in [0.4, 0.5) is 5.69 Å². The van der Waals surface area contributed by atoms with E-state index in [0.29, 0.717) is 39.6 Å². The molecule has 0 bridgehead atoms. The molecule has 6 nitrogen and oxygen atoms in total. The smallest absolute Gasteiger partial charge is 0.256 e. The topological polar surface area (TPSA) is 66.0 Å². The highest BCUT2D eigenvalue weighted by atomic mass is 79.9. The highest BCUT2D eigenvalue weighted by Gasteiger charge is 2.23. The number of halogens is 1. The van der Waals surface area contributed by atoms with Gasteiger partial charge in [-0.1, -0.05) is 0 Å². The van der Waals surface area contributed by atoms with Crippen LogP contribution < -0.4 is 24.3 Å². The van der Waals surface area contributed by atoms with Crippen molar-refractivity contribution >= 4 is 27.5 Å². The maximum atomic E-state index is 12.8. The van der Waals surface area contributed by atoms with Crippen LogP contribution in [0.1, 0.15) is 29.8 Å². The standard InChI is InChI=1S/C20H22BrNO5/c1-5-26-16-7-12-6-11(2)27-15(12)10-14(16)22-20(23)13-8-17(24-3)19(21)18(9-13)25-4/h7-11H,5-6H2,1-4H3,(H,22,23)/t11-/m1/s1. The molecule has 1 aliphatic heterocycles. The van der Waals surface area contributed by atoms with E-state index in [2.05, 4.69) is 21.2 Å². The molecule has 27 heavy (non-hydrogen) atoms. The highest BCUT2D eigenvalue weighted by molar-refractivity contribution is 9.10. The molecule has 2 aromatic rings. The second kappa shape index (κ2) is 8.08. The van der Waals surface area contributed by atoms with Crippen LogP contribution in [0.25, 0.3) is 0 Å².